The Labute approximate surface area is 113 Å². The van der Waals surface area contributed by atoms with Gasteiger partial charge >= 0.3 is 6.18 Å². The molecule has 1 aliphatic rings. The van der Waals surface area contributed by atoms with Gasteiger partial charge in [0.1, 0.15) is 4.90 Å². The topological polar surface area (TPSA) is 70.2 Å². The largest absolute Gasteiger partial charge is 0.391 e. The monoisotopic (exact) mass is 310 g/mol. The van der Waals surface area contributed by atoms with E-state index >= 15 is 0 Å². The van der Waals surface area contributed by atoms with Crippen molar-refractivity contribution in [2.24, 2.45) is 5.92 Å². The highest BCUT2D eigenvalue weighted by Crippen LogP contribution is 2.35. The van der Waals surface area contributed by atoms with Crippen LogP contribution in [-0.2, 0) is 10.0 Å². The normalized spacial score (nSPS) is 19.1. The minimum absolute atomic E-state index is 0.235. The van der Waals surface area contributed by atoms with Gasteiger partial charge in [0.25, 0.3) is 0 Å². The lowest BCUT2D eigenvalue weighted by molar-refractivity contribution is -0.182. The van der Waals surface area contributed by atoms with Gasteiger partial charge in [0.2, 0.25) is 15.5 Å². The molecule has 1 saturated heterocycles. The smallest absolute Gasteiger partial charge is 0.366 e. The summed E-state index contributed by atoms with van der Waals surface area (Å²) in [5.41, 5.74) is -0.679. The summed E-state index contributed by atoms with van der Waals surface area (Å²) >= 11 is 0. The number of hydrogen-bond donors (Lipinski definition) is 1. The molecule has 1 aromatic rings. The summed E-state index contributed by atoms with van der Waals surface area (Å²) in [4.78, 5) is 13.6. The molecule has 0 unspecified atom stereocenters. The van der Waals surface area contributed by atoms with E-state index < -0.39 is 32.4 Å². The molecule has 112 valence electrons. The van der Waals surface area contributed by atoms with Gasteiger partial charge in [-0.15, -0.1) is 0 Å². The van der Waals surface area contributed by atoms with Crippen molar-refractivity contribution >= 4 is 10.0 Å². The van der Waals surface area contributed by atoms with Crippen LogP contribution in [0.2, 0.25) is 0 Å². The first-order valence-electron chi connectivity index (χ1n) is 5.97. The van der Waals surface area contributed by atoms with Gasteiger partial charge in [-0.1, -0.05) is 0 Å². The molecule has 0 radical (unpaired) electrons. The summed E-state index contributed by atoms with van der Waals surface area (Å²) in [7, 11) is -4.04. The van der Waals surface area contributed by atoms with Gasteiger partial charge in [0, 0.05) is 31.5 Å². The summed E-state index contributed by atoms with van der Waals surface area (Å²) in [5, 5.41) is 0. The minimum Gasteiger partial charge on any atom is -0.366 e. The first kappa shape index (κ1) is 15.0. The molecule has 0 amide bonds. The SMILES string of the molecule is O=c1cc[nH]cc1S(=O)(=O)N1CCC(C(F)(F)F)CC1. The zero-order valence-corrected chi connectivity index (χ0v) is 11.2. The molecule has 2 rings (SSSR count). The maximum atomic E-state index is 12.5. The second-order valence-electron chi connectivity index (χ2n) is 4.59. The Bertz CT molecular complexity index is 631. The van der Waals surface area contributed by atoms with Crippen LogP contribution in [0.5, 0.6) is 0 Å². The number of nitrogens with one attached hydrogen (secondary N) is 1. The van der Waals surface area contributed by atoms with Crippen molar-refractivity contribution in [2.75, 3.05) is 13.1 Å². The molecule has 0 bridgehead atoms. The van der Waals surface area contributed by atoms with Gasteiger partial charge in [0.15, 0.2) is 0 Å². The van der Waals surface area contributed by atoms with E-state index in [2.05, 4.69) is 4.98 Å². The van der Waals surface area contributed by atoms with E-state index in [0.717, 1.165) is 16.6 Å². The van der Waals surface area contributed by atoms with Gasteiger partial charge in [-0.2, -0.15) is 17.5 Å². The summed E-state index contributed by atoms with van der Waals surface area (Å²) in [6, 6.07) is 1.06. The summed E-state index contributed by atoms with van der Waals surface area (Å²) in [6.45, 7) is -0.471. The maximum Gasteiger partial charge on any atom is 0.391 e. The number of halogens is 3. The molecule has 5 nitrogen and oxygen atoms in total. The number of sulfonamides is 1. The van der Waals surface area contributed by atoms with Crippen LogP contribution in [0.15, 0.2) is 28.2 Å². The van der Waals surface area contributed by atoms with Crippen molar-refractivity contribution in [1.29, 1.82) is 0 Å². The van der Waals surface area contributed by atoms with Crippen molar-refractivity contribution < 1.29 is 21.6 Å². The molecular weight excluding hydrogens is 297 g/mol. The average Bonchev–Trinajstić information content (AvgIpc) is 2.38. The van der Waals surface area contributed by atoms with E-state index in [1.807, 2.05) is 0 Å². The van der Waals surface area contributed by atoms with E-state index in [0.29, 0.717) is 0 Å². The van der Waals surface area contributed by atoms with Gasteiger partial charge in [0.05, 0.1) is 5.92 Å². The second kappa shape index (κ2) is 5.21. The van der Waals surface area contributed by atoms with Gasteiger partial charge in [-0.3, -0.25) is 4.79 Å². The second-order valence-corrected chi connectivity index (χ2v) is 6.50. The lowest BCUT2D eigenvalue weighted by Gasteiger charge is -2.31. The third-order valence-corrected chi connectivity index (χ3v) is 5.24. The van der Waals surface area contributed by atoms with Gasteiger partial charge < -0.3 is 4.98 Å². The summed E-state index contributed by atoms with van der Waals surface area (Å²) < 4.78 is 62.9. The molecule has 9 heteroatoms. The molecule has 20 heavy (non-hydrogen) atoms. The van der Waals surface area contributed by atoms with Crippen LogP contribution in [0, 0.1) is 5.92 Å². The molecule has 1 aromatic heterocycles. The standard InChI is InChI=1S/C11H13F3N2O3S/c12-11(13,14)8-2-5-16(6-3-8)20(18,19)10-7-15-4-1-9(10)17/h1,4,7-8H,2-3,5-6H2,(H,15,17). The predicted octanol–water partition coefficient (Wildman–Crippen LogP) is 1.34. The van der Waals surface area contributed by atoms with Crippen molar-refractivity contribution in [3.05, 3.63) is 28.7 Å². The van der Waals surface area contributed by atoms with E-state index in [4.69, 9.17) is 0 Å². The molecule has 1 aliphatic heterocycles. The van der Waals surface area contributed by atoms with Crippen LogP contribution < -0.4 is 5.43 Å². The highest BCUT2D eigenvalue weighted by atomic mass is 32.2. The van der Waals surface area contributed by atoms with E-state index in [1.165, 1.54) is 6.20 Å². The van der Waals surface area contributed by atoms with Crippen molar-refractivity contribution in [3.8, 4) is 0 Å². The first-order valence-corrected chi connectivity index (χ1v) is 7.41. The van der Waals surface area contributed by atoms with Gasteiger partial charge in [-0.05, 0) is 12.8 Å². The molecular formula is C11H13F3N2O3S. The number of aromatic nitrogens is 1. The number of H-pyrrole nitrogens is 1. The van der Waals surface area contributed by atoms with Gasteiger partial charge in [-0.25, -0.2) is 8.42 Å². The van der Waals surface area contributed by atoms with Crippen LogP contribution in [0.3, 0.4) is 0 Å². The fraction of sp³-hybridized carbons (Fsp3) is 0.545. The fourth-order valence-corrected chi connectivity index (χ4v) is 3.67. The van der Waals surface area contributed by atoms with Crippen LogP contribution in [-0.4, -0.2) is 37.0 Å². The molecule has 0 saturated carbocycles. The van der Waals surface area contributed by atoms with Crippen LogP contribution in [0.1, 0.15) is 12.8 Å². The maximum absolute atomic E-state index is 12.5. The Balaban J connectivity index is 2.18. The minimum atomic E-state index is -4.31. The van der Waals surface area contributed by atoms with Crippen LogP contribution >= 0.6 is 0 Å². The molecule has 1 fully saturated rings. The van der Waals surface area contributed by atoms with E-state index in [1.54, 1.807) is 0 Å². The number of hydrogen-bond acceptors (Lipinski definition) is 3. The number of nitrogens with zero attached hydrogens (tertiary/aromatic N) is 1. The molecule has 0 spiro atoms. The summed E-state index contributed by atoms with van der Waals surface area (Å²) in [5.74, 6) is -1.48. The van der Waals surface area contributed by atoms with Crippen molar-refractivity contribution in [1.82, 2.24) is 9.29 Å². The van der Waals surface area contributed by atoms with Crippen molar-refractivity contribution in [2.45, 2.75) is 23.9 Å². The Morgan fingerprint density at radius 1 is 1.25 bits per heavy atom. The Kier molecular flexibility index (Phi) is 3.92. The van der Waals surface area contributed by atoms with Crippen LogP contribution in [0.4, 0.5) is 13.2 Å². The average molecular weight is 310 g/mol. The molecule has 1 N–H and O–H groups in total. The Morgan fingerprint density at radius 2 is 1.85 bits per heavy atom. The van der Waals surface area contributed by atoms with Crippen molar-refractivity contribution in [3.63, 3.8) is 0 Å². The zero-order chi connectivity index (χ0) is 15.0. The highest BCUT2D eigenvalue weighted by Gasteiger charge is 2.43. The lowest BCUT2D eigenvalue weighted by atomic mass is 9.98. The number of rotatable bonds is 2. The lowest BCUT2D eigenvalue weighted by Crippen LogP contribution is -2.43. The predicted molar refractivity (Wildman–Crippen MR) is 64.6 cm³/mol. The third-order valence-electron chi connectivity index (χ3n) is 3.32. The molecule has 2 heterocycles. The first-order chi connectivity index (χ1) is 9.23. The highest BCUT2D eigenvalue weighted by molar-refractivity contribution is 7.89. The summed E-state index contributed by atoms with van der Waals surface area (Å²) in [6.07, 6.45) is -2.54. The third kappa shape index (κ3) is 2.88. The van der Waals surface area contributed by atoms with Crippen LogP contribution in [0.25, 0.3) is 0 Å². The number of piperidine rings is 1. The van der Waals surface area contributed by atoms with E-state index in [-0.39, 0.29) is 25.9 Å². The van der Waals surface area contributed by atoms with E-state index in [9.17, 15) is 26.4 Å². The quantitative estimate of drug-likeness (QED) is 0.896. The Hall–Kier alpha value is -1.35. The molecule has 0 aliphatic carbocycles. The molecule has 0 aromatic carbocycles. The number of pyridine rings is 1. The Morgan fingerprint density at radius 3 is 2.35 bits per heavy atom. The number of aromatic amines is 1. The molecule has 0 atom stereocenters. The fourth-order valence-electron chi connectivity index (χ4n) is 2.17. The zero-order valence-electron chi connectivity index (χ0n) is 10.4. The number of alkyl halides is 3.